The SMILES string of the molecule is O=C(CNc1cc(S(=O)(=O)N2CCCC2)ccc1OCC(F)(F)F)N1CCc2ccccc21. The average molecular weight is 484 g/mol. The van der Waals surface area contributed by atoms with E-state index in [1.165, 1.54) is 22.5 Å². The molecule has 2 aliphatic rings. The number of hydrogen-bond donors (Lipinski definition) is 1. The Morgan fingerprint density at radius 2 is 1.79 bits per heavy atom. The fourth-order valence-corrected chi connectivity index (χ4v) is 5.58. The van der Waals surface area contributed by atoms with Gasteiger partial charge in [0.2, 0.25) is 15.9 Å². The summed E-state index contributed by atoms with van der Waals surface area (Å²) in [6.45, 7) is -0.480. The largest absolute Gasteiger partial charge is 0.482 e. The van der Waals surface area contributed by atoms with Crippen LogP contribution in [-0.2, 0) is 21.2 Å². The van der Waals surface area contributed by atoms with Crippen molar-refractivity contribution < 1.29 is 31.1 Å². The summed E-state index contributed by atoms with van der Waals surface area (Å²) in [4.78, 5) is 14.4. The van der Waals surface area contributed by atoms with E-state index in [1.54, 1.807) is 4.90 Å². The molecule has 4 rings (SSSR count). The van der Waals surface area contributed by atoms with Gasteiger partial charge in [-0.15, -0.1) is 0 Å². The van der Waals surface area contributed by atoms with Crippen LogP contribution in [0, 0.1) is 0 Å². The summed E-state index contributed by atoms with van der Waals surface area (Å²) >= 11 is 0. The number of ether oxygens (including phenoxy) is 1. The lowest BCUT2D eigenvalue weighted by molar-refractivity contribution is -0.153. The van der Waals surface area contributed by atoms with Gasteiger partial charge in [0, 0.05) is 25.3 Å². The maximum atomic E-state index is 12.9. The topological polar surface area (TPSA) is 79.0 Å². The number of para-hydroxylation sites is 1. The second-order valence-electron chi connectivity index (χ2n) is 7.95. The summed E-state index contributed by atoms with van der Waals surface area (Å²) in [5, 5.41) is 2.79. The summed E-state index contributed by atoms with van der Waals surface area (Å²) in [6, 6.07) is 11.1. The first-order chi connectivity index (χ1) is 15.6. The number of amides is 1. The Hall–Kier alpha value is -2.79. The van der Waals surface area contributed by atoms with Crippen LogP contribution in [0.3, 0.4) is 0 Å². The van der Waals surface area contributed by atoms with Crippen molar-refractivity contribution in [1.29, 1.82) is 0 Å². The maximum Gasteiger partial charge on any atom is 0.422 e. The second kappa shape index (κ2) is 9.22. The van der Waals surface area contributed by atoms with Crippen LogP contribution in [0.1, 0.15) is 18.4 Å². The number of fused-ring (bicyclic) bond motifs is 1. The van der Waals surface area contributed by atoms with E-state index in [4.69, 9.17) is 4.74 Å². The van der Waals surface area contributed by atoms with E-state index < -0.39 is 22.8 Å². The number of sulfonamides is 1. The molecular formula is C22H24F3N3O4S. The maximum absolute atomic E-state index is 12.9. The van der Waals surface area contributed by atoms with Gasteiger partial charge in [-0.2, -0.15) is 17.5 Å². The lowest BCUT2D eigenvalue weighted by Crippen LogP contribution is -2.34. The van der Waals surface area contributed by atoms with Crippen LogP contribution in [0.5, 0.6) is 5.75 Å². The zero-order valence-corrected chi connectivity index (χ0v) is 18.6. The molecule has 0 radical (unpaired) electrons. The number of hydrogen-bond acceptors (Lipinski definition) is 5. The number of nitrogens with one attached hydrogen (secondary N) is 1. The first-order valence-corrected chi connectivity index (χ1v) is 12.0. The van der Waals surface area contributed by atoms with Crippen molar-refractivity contribution in [1.82, 2.24) is 4.31 Å². The molecule has 7 nitrogen and oxygen atoms in total. The first kappa shape index (κ1) is 23.4. The van der Waals surface area contributed by atoms with E-state index in [0.717, 1.165) is 24.1 Å². The van der Waals surface area contributed by atoms with Crippen molar-refractivity contribution in [2.75, 3.05) is 43.0 Å². The lowest BCUT2D eigenvalue weighted by Gasteiger charge is -2.21. The monoisotopic (exact) mass is 483 g/mol. The van der Waals surface area contributed by atoms with Gasteiger partial charge < -0.3 is 15.0 Å². The molecule has 0 aliphatic carbocycles. The average Bonchev–Trinajstić information content (AvgIpc) is 3.46. The van der Waals surface area contributed by atoms with E-state index in [0.29, 0.717) is 26.1 Å². The predicted molar refractivity (Wildman–Crippen MR) is 117 cm³/mol. The minimum atomic E-state index is -4.56. The van der Waals surface area contributed by atoms with Crippen LogP contribution in [0.25, 0.3) is 0 Å². The molecule has 0 aromatic heterocycles. The van der Waals surface area contributed by atoms with Crippen molar-refractivity contribution in [3.05, 3.63) is 48.0 Å². The van der Waals surface area contributed by atoms with Crippen LogP contribution in [-0.4, -0.2) is 57.6 Å². The number of carbonyl (C=O) groups is 1. The van der Waals surface area contributed by atoms with Crippen molar-refractivity contribution in [2.45, 2.75) is 30.3 Å². The molecule has 0 atom stereocenters. The highest BCUT2D eigenvalue weighted by Crippen LogP contribution is 2.32. The molecule has 33 heavy (non-hydrogen) atoms. The molecule has 2 heterocycles. The van der Waals surface area contributed by atoms with E-state index in [9.17, 15) is 26.4 Å². The predicted octanol–water partition coefficient (Wildman–Crippen LogP) is 3.41. The van der Waals surface area contributed by atoms with Gasteiger partial charge in [0.25, 0.3) is 0 Å². The van der Waals surface area contributed by atoms with Gasteiger partial charge in [0.05, 0.1) is 17.1 Å². The van der Waals surface area contributed by atoms with Crippen LogP contribution < -0.4 is 15.0 Å². The molecule has 1 saturated heterocycles. The summed E-state index contributed by atoms with van der Waals surface area (Å²) in [5.41, 5.74) is 1.85. The van der Waals surface area contributed by atoms with Crippen LogP contribution in [0.4, 0.5) is 24.5 Å². The molecule has 1 amide bonds. The standard InChI is InChI=1S/C22H24F3N3O4S/c23-22(24,25)15-32-20-8-7-17(33(30,31)27-10-3-4-11-27)13-18(20)26-14-21(29)28-12-9-16-5-1-2-6-19(16)28/h1-2,5-8,13,26H,3-4,9-12,14-15H2. The quantitative estimate of drug-likeness (QED) is 0.653. The van der Waals surface area contributed by atoms with E-state index in [1.807, 2.05) is 24.3 Å². The molecule has 0 unspecified atom stereocenters. The second-order valence-corrected chi connectivity index (χ2v) is 9.89. The zero-order chi connectivity index (χ0) is 23.6. The molecule has 2 aliphatic heterocycles. The minimum Gasteiger partial charge on any atom is -0.482 e. The van der Waals surface area contributed by atoms with Gasteiger partial charge in [0.1, 0.15) is 5.75 Å². The summed E-state index contributed by atoms with van der Waals surface area (Å²) in [6.07, 6.45) is -2.34. The Balaban J connectivity index is 1.55. The highest BCUT2D eigenvalue weighted by Gasteiger charge is 2.31. The Bertz CT molecular complexity index is 1130. The third-order valence-electron chi connectivity index (χ3n) is 5.66. The molecule has 2 aromatic rings. The molecule has 2 aromatic carbocycles. The van der Waals surface area contributed by atoms with Gasteiger partial charge in [0.15, 0.2) is 6.61 Å². The Kier molecular flexibility index (Phi) is 6.53. The van der Waals surface area contributed by atoms with Crippen molar-refractivity contribution in [2.24, 2.45) is 0 Å². The molecule has 0 bridgehead atoms. The summed E-state index contributed by atoms with van der Waals surface area (Å²) < 4.78 is 70.1. The van der Waals surface area contributed by atoms with Gasteiger partial charge in [-0.05, 0) is 49.1 Å². The van der Waals surface area contributed by atoms with Crippen molar-refractivity contribution in [3.8, 4) is 5.75 Å². The van der Waals surface area contributed by atoms with E-state index in [-0.39, 0.29) is 28.8 Å². The first-order valence-electron chi connectivity index (χ1n) is 10.6. The summed E-state index contributed by atoms with van der Waals surface area (Å²) in [5.74, 6) is -0.461. The summed E-state index contributed by atoms with van der Waals surface area (Å²) in [7, 11) is -3.80. The van der Waals surface area contributed by atoms with E-state index >= 15 is 0 Å². The van der Waals surface area contributed by atoms with Gasteiger partial charge >= 0.3 is 6.18 Å². The Morgan fingerprint density at radius 1 is 1.06 bits per heavy atom. The molecule has 178 valence electrons. The third-order valence-corrected chi connectivity index (χ3v) is 7.56. The van der Waals surface area contributed by atoms with Crippen molar-refractivity contribution >= 4 is 27.3 Å². The Morgan fingerprint density at radius 3 is 2.52 bits per heavy atom. The molecule has 11 heteroatoms. The molecule has 0 saturated carbocycles. The number of rotatable bonds is 7. The number of carbonyl (C=O) groups excluding carboxylic acids is 1. The minimum absolute atomic E-state index is 0.0142. The zero-order valence-electron chi connectivity index (χ0n) is 17.8. The van der Waals surface area contributed by atoms with Crippen molar-refractivity contribution in [3.63, 3.8) is 0 Å². The highest BCUT2D eigenvalue weighted by atomic mass is 32.2. The van der Waals surface area contributed by atoms with Crippen LogP contribution in [0.15, 0.2) is 47.4 Å². The molecular weight excluding hydrogens is 459 g/mol. The number of halogens is 3. The Labute approximate surface area is 190 Å². The molecule has 1 N–H and O–H groups in total. The molecule has 1 fully saturated rings. The number of benzene rings is 2. The van der Waals surface area contributed by atoms with Crippen LogP contribution >= 0.6 is 0 Å². The fourth-order valence-electron chi connectivity index (χ4n) is 4.03. The van der Waals surface area contributed by atoms with Gasteiger partial charge in [-0.1, -0.05) is 18.2 Å². The van der Waals surface area contributed by atoms with E-state index in [2.05, 4.69) is 5.32 Å². The smallest absolute Gasteiger partial charge is 0.422 e. The fraction of sp³-hybridized carbons (Fsp3) is 0.409. The third kappa shape index (κ3) is 5.25. The number of alkyl halides is 3. The lowest BCUT2D eigenvalue weighted by atomic mass is 10.2. The van der Waals surface area contributed by atoms with Crippen LogP contribution in [0.2, 0.25) is 0 Å². The van der Waals surface area contributed by atoms with Gasteiger partial charge in [-0.25, -0.2) is 8.42 Å². The van der Waals surface area contributed by atoms with Gasteiger partial charge in [-0.3, -0.25) is 4.79 Å². The molecule has 0 spiro atoms. The highest BCUT2D eigenvalue weighted by molar-refractivity contribution is 7.89. The number of nitrogens with zero attached hydrogens (tertiary/aromatic N) is 2. The normalized spacial score (nSPS) is 16.6. The number of anilines is 2.